The van der Waals surface area contributed by atoms with Crippen molar-refractivity contribution in [2.45, 2.75) is 63.8 Å². The second-order valence-corrected chi connectivity index (χ2v) is 11.0. The highest BCUT2D eigenvalue weighted by atomic mass is 32.1. The van der Waals surface area contributed by atoms with Gasteiger partial charge in [0.15, 0.2) is 16.6 Å². The Morgan fingerprint density at radius 2 is 1.79 bits per heavy atom. The lowest BCUT2D eigenvalue weighted by Gasteiger charge is -2.28. The SMILES string of the molecule is COc1ccc(CCN(C)C(=O)Cc2csc(NC(=O)CN(C(=O)C3CCCCC3)C3CC3)n2)cc1OC. The van der Waals surface area contributed by atoms with E-state index in [-0.39, 0.29) is 42.6 Å². The number of carbonyl (C=O) groups is 3. The van der Waals surface area contributed by atoms with Crippen LogP contribution in [0.4, 0.5) is 5.13 Å². The number of thiazole rings is 1. The summed E-state index contributed by atoms with van der Waals surface area (Å²) < 4.78 is 10.6. The lowest BCUT2D eigenvalue weighted by molar-refractivity contribution is -0.139. The molecule has 38 heavy (non-hydrogen) atoms. The zero-order valence-electron chi connectivity index (χ0n) is 22.5. The molecular weight excluding hydrogens is 504 g/mol. The molecule has 9 nitrogen and oxygen atoms in total. The summed E-state index contributed by atoms with van der Waals surface area (Å²) in [4.78, 5) is 46.4. The van der Waals surface area contributed by atoms with Crippen molar-refractivity contribution in [2.75, 3.05) is 39.7 Å². The molecule has 1 aromatic carbocycles. The van der Waals surface area contributed by atoms with E-state index in [2.05, 4.69) is 10.3 Å². The molecule has 2 aliphatic rings. The van der Waals surface area contributed by atoms with E-state index >= 15 is 0 Å². The third-order valence-electron chi connectivity index (χ3n) is 7.28. The summed E-state index contributed by atoms with van der Waals surface area (Å²) in [6.07, 6.45) is 7.99. The summed E-state index contributed by atoms with van der Waals surface area (Å²) in [5.74, 6) is 1.23. The van der Waals surface area contributed by atoms with Gasteiger partial charge in [0.2, 0.25) is 17.7 Å². The maximum Gasteiger partial charge on any atom is 0.245 e. The summed E-state index contributed by atoms with van der Waals surface area (Å²) in [5.41, 5.74) is 1.66. The van der Waals surface area contributed by atoms with Gasteiger partial charge < -0.3 is 24.6 Å². The Hall–Kier alpha value is -3.14. The zero-order valence-corrected chi connectivity index (χ0v) is 23.3. The minimum Gasteiger partial charge on any atom is -0.493 e. The van der Waals surface area contributed by atoms with Crippen molar-refractivity contribution in [3.63, 3.8) is 0 Å². The number of nitrogens with one attached hydrogen (secondary N) is 1. The van der Waals surface area contributed by atoms with Gasteiger partial charge in [-0.2, -0.15) is 0 Å². The van der Waals surface area contributed by atoms with Gasteiger partial charge in [-0.1, -0.05) is 25.3 Å². The molecule has 3 amide bonds. The fourth-order valence-electron chi connectivity index (χ4n) is 4.86. The van der Waals surface area contributed by atoms with E-state index in [4.69, 9.17) is 9.47 Å². The molecule has 0 saturated heterocycles. The van der Waals surface area contributed by atoms with Crippen LogP contribution in [0.1, 0.15) is 56.2 Å². The molecule has 0 spiro atoms. The highest BCUT2D eigenvalue weighted by Gasteiger charge is 2.37. The van der Waals surface area contributed by atoms with Gasteiger partial charge in [-0.25, -0.2) is 4.98 Å². The molecule has 0 aliphatic heterocycles. The summed E-state index contributed by atoms with van der Waals surface area (Å²) in [6.45, 7) is 0.612. The molecule has 4 rings (SSSR count). The molecule has 2 aliphatic carbocycles. The zero-order chi connectivity index (χ0) is 27.1. The van der Waals surface area contributed by atoms with E-state index in [1.807, 2.05) is 18.2 Å². The number of rotatable bonds is 12. The van der Waals surface area contributed by atoms with Gasteiger partial charge in [0.25, 0.3) is 0 Å². The van der Waals surface area contributed by atoms with Crippen LogP contribution in [-0.2, 0) is 27.2 Å². The van der Waals surface area contributed by atoms with E-state index in [1.54, 1.807) is 36.4 Å². The summed E-state index contributed by atoms with van der Waals surface area (Å²) >= 11 is 1.29. The Kier molecular flexibility index (Phi) is 9.60. The largest absolute Gasteiger partial charge is 0.493 e. The van der Waals surface area contributed by atoms with Crippen LogP contribution in [0.5, 0.6) is 11.5 Å². The van der Waals surface area contributed by atoms with Crippen LogP contribution in [0.25, 0.3) is 0 Å². The first-order chi connectivity index (χ1) is 18.4. The van der Waals surface area contributed by atoms with E-state index < -0.39 is 0 Å². The van der Waals surface area contributed by atoms with Crippen molar-refractivity contribution < 1.29 is 23.9 Å². The van der Waals surface area contributed by atoms with Crippen LogP contribution >= 0.6 is 11.3 Å². The smallest absolute Gasteiger partial charge is 0.245 e. The predicted molar refractivity (Wildman–Crippen MR) is 147 cm³/mol. The number of amides is 3. The molecule has 1 N–H and O–H groups in total. The number of aromatic nitrogens is 1. The molecular formula is C28H38N4O5S. The number of hydrogen-bond acceptors (Lipinski definition) is 7. The molecule has 0 atom stereocenters. The Morgan fingerprint density at radius 3 is 2.47 bits per heavy atom. The van der Waals surface area contributed by atoms with Crippen molar-refractivity contribution in [1.29, 1.82) is 0 Å². The highest BCUT2D eigenvalue weighted by Crippen LogP contribution is 2.32. The standard InChI is InChI=1S/C28H38N4O5S/c1-31(14-13-19-9-12-23(36-2)24(15-19)37-3)26(34)16-21-18-38-28(29-21)30-25(33)17-32(22-10-11-22)27(35)20-7-5-4-6-8-20/h9,12,15,18,20,22H,4-8,10-11,13-14,16-17H2,1-3H3,(H,29,30,33). The number of benzene rings is 1. The number of anilines is 1. The normalized spacial score (nSPS) is 15.6. The Bertz CT molecular complexity index is 1130. The molecule has 0 bridgehead atoms. The fourth-order valence-corrected chi connectivity index (χ4v) is 5.59. The summed E-state index contributed by atoms with van der Waals surface area (Å²) in [6, 6.07) is 5.92. The van der Waals surface area contributed by atoms with Crippen LogP contribution in [0.2, 0.25) is 0 Å². The van der Waals surface area contributed by atoms with Crippen LogP contribution in [0.3, 0.4) is 0 Å². The Morgan fingerprint density at radius 1 is 1.05 bits per heavy atom. The third-order valence-corrected chi connectivity index (χ3v) is 8.09. The predicted octanol–water partition coefficient (Wildman–Crippen LogP) is 3.91. The van der Waals surface area contributed by atoms with Crippen molar-refractivity contribution in [3.05, 3.63) is 34.8 Å². The van der Waals surface area contributed by atoms with E-state index in [0.717, 1.165) is 44.1 Å². The van der Waals surface area contributed by atoms with Crippen LogP contribution in [0.15, 0.2) is 23.6 Å². The Labute approximate surface area is 228 Å². The quantitative estimate of drug-likeness (QED) is 0.436. The summed E-state index contributed by atoms with van der Waals surface area (Å²) in [7, 11) is 4.97. The van der Waals surface area contributed by atoms with Crippen molar-refractivity contribution in [1.82, 2.24) is 14.8 Å². The number of likely N-dealkylation sites (N-methyl/N-ethyl adjacent to an activating group) is 1. The highest BCUT2D eigenvalue weighted by molar-refractivity contribution is 7.13. The summed E-state index contributed by atoms with van der Waals surface area (Å²) in [5, 5.41) is 5.07. The number of hydrogen-bond donors (Lipinski definition) is 1. The lowest BCUT2D eigenvalue weighted by Crippen LogP contribution is -2.43. The molecule has 0 radical (unpaired) electrons. The van der Waals surface area contributed by atoms with Gasteiger partial charge in [0.05, 0.1) is 26.3 Å². The number of nitrogens with zero attached hydrogens (tertiary/aromatic N) is 3. The lowest BCUT2D eigenvalue weighted by atomic mass is 9.88. The molecule has 10 heteroatoms. The first-order valence-corrected chi connectivity index (χ1v) is 14.3. The molecule has 1 aromatic heterocycles. The van der Waals surface area contributed by atoms with Gasteiger partial charge in [-0.05, 0) is 49.8 Å². The maximum absolute atomic E-state index is 13.0. The first kappa shape index (κ1) is 27.9. The number of methoxy groups -OCH3 is 2. The minimum absolute atomic E-state index is 0.0494. The van der Waals surface area contributed by atoms with E-state index in [1.165, 1.54) is 17.8 Å². The van der Waals surface area contributed by atoms with Gasteiger partial charge in [-0.3, -0.25) is 14.4 Å². The first-order valence-electron chi connectivity index (χ1n) is 13.4. The monoisotopic (exact) mass is 542 g/mol. The van der Waals surface area contributed by atoms with E-state index in [9.17, 15) is 14.4 Å². The van der Waals surface area contributed by atoms with Crippen molar-refractivity contribution in [2.24, 2.45) is 5.92 Å². The van der Waals surface area contributed by atoms with Crippen LogP contribution < -0.4 is 14.8 Å². The van der Waals surface area contributed by atoms with Crippen molar-refractivity contribution in [3.8, 4) is 11.5 Å². The average Bonchev–Trinajstić information content (AvgIpc) is 3.69. The van der Waals surface area contributed by atoms with Crippen LogP contribution in [0, 0.1) is 5.92 Å². The molecule has 1 heterocycles. The maximum atomic E-state index is 13.0. The Balaban J connectivity index is 1.25. The molecule has 2 aromatic rings. The fraction of sp³-hybridized carbons (Fsp3) is 0.571. The van der Waals surface area contributed by atoms with Crippen LogP contribution in [-0.4, -0.2) is 72.9 Å². The second kappa shape index (κ2) is 13.1. The van der Waals surface area contributed by atoms with Gasteiger partial charge >= 0.3 is 0 Å². The van der Waals surface area contributed by atoms with Crippen molar-refractivity contribution >= 4 is 34.2 Å². The van der Waals surface area contributed by atoms with Gasteiger partial charge in [-0.15, -0.1) is 11.3 Å². The van der Waals surface area contributed by atoms with E-state index in [0.29, 0.717) is 35.3 Å². The third kappa shape index (κ3) is 7.46. The number of ether oxygens (including phenoxy) is 2. The number of carbonyl (C=O) groups excluding carboxylic acids is 3. The molecule has 2 fully saturated rings. The second-order valence-electron chi connectivity index (χ2n) is 10.2. The minimum atomic E-state index is -0.236. The molecule has 206 valence electrons. The van der Waals surface area contributed by atoms with Gasteiger partial charge in [0.1, 0.15) is 6.54 Å². The van der Waals surface area contributed by atoms with Gasteiger partial charge in [0, 0.05) is 30.9 Å². The molecule has 0 unspecified atom stereocenters. The molecule has 2 saturated carbocycles. The topological polar surface area (TPSA) is 101 Å². The average molecular weight is 543 g/mol.